The van der Waals surface area contributed by atoms with Gasteiger partial charge in [-0.15, -0.1) is 0 Å². The average Bonchev–Trinajstić information content (AvgIpc) is 3.06. The third-order valence-corrected chi connectivity index (χ3v) is 6.68. The molecule has 1 aromatic carbocycles. The molecule has 3 aromatic rings. The van der Waals surface area contributed by atoms with Gasteiger partial charge in [0.15, 0.2) is 0 Å². The van der Waals surface area contributed by atoms with Gasteiger partial charge in [0.05, 0.1) is 17.7 Å². The molecule has 0 unspecified atom stereocenters. The molecule has 3 rings (SSSR count). The van der Waals surface area contributed by atoms with Crippen LogP contribution in [0.4, 0.5) is 5.82 Å². The topological polar surface area (TPSA) is 111 Å². The van der Waals surface area contributed by atoms with Crippen molar-refractivity contribution in [3.05, 3.63) is 53.4 Å². The zero-order chi connectivity index (χ0) is 21.9. The van der Waals surface area contributed by atoms with E-state index in [9.17, 15) is 8.42 Å². The molecule has 0 bridgehead atoms. The van der Waals surface area contributed by atoms with Crippen LogP contribution in [-0.2, 0) is 10.0 Å². The Morgan fingerprint density at radius 1 is 1.03 bits per heavy atom. The van der Waals surface area contributed by atoms with Crippen LogP contribution in [0.3, 0.4) is 0 Å². The van der Waals surface area contributed by atoms with Crippen molar-refractivity contribution in [2.24, 2.45) is 0 Å². The molecule has 2 heterocycles. The standard InChI is InChI=1S/C20H26N6O3S/c1-13-14(2)18(7-6-17(13)29-5)30(27,28)25-9-8-21-19-10-20(23-11-22-19)26-12-24-15(3)16(26)4/h6-7,10-12,25H,8-9H2,1-5H3,(H,21,22,23). The van der Waals surface area contributed by atoms with Crippen molar-refractivity contribution in [1.29, 1.82) is 0 Å². The van der Waals surface area contributed by atoms with E-state index in [1.807, 2.05) is 25.3 Å². The summed E-state index contributed by atoms with van der Waals surface area (Å²) < 4.78 is 35.1. The Morgan fingerprint density at radius 3 is 2.47 bits per heavy atom. The van der Waals surface area contributed by atoms with Crippen molar-refractivity contribution < 1.29 is 13.2 Å². The van der Waals surface area contributed by atoms with Gasteiger partial charge in [-0.05, 0) is 51.0 Å². The summed E-state index contributed by atoms with van der Waals surface area (Å²) in [6.07, 6.45) is 3.17. The molecule has 0 saturated heterocycles. The number of benzene rings is 1. The van der Waals surface area contributed by atoms with E-state index in [0.717, 1.165) is 17.0 Å². The smallest absolute Gasteiger partial charge is 0.240 e. The molecular weight excluding hydrogens is 404 g/mol. The number of aryl methyl sites for hydroxylation is 1. The number of sulfonamides is 1. The minimum Gasteiger partial charge on any atom is -0.496 e. The van der Waals surface area contributed by atoms with E-state index in [0.29, 0.717) is 29.5 Å². The van der Waals surface area contributed by atoms with Crippen molar-refractivity contribution in [3.63, 3.8) is 0 Å². The van der Waals surface area contributed by atoms with Crippen LogP contribution >= 0.6 is 0 Å². The molecule has 0 atom stereocenters. The van der Waals surface area contributed by atoms with Crippen molar-refractivity contribution in [2.45, 2.75) is 32.6 Å². The fraction of sp³-hybridized carbons (Fsp3) is 0.350. The van der Waals surface area contributed by atoms with Crippen LogP contribution in [-0.4, -0.2) is 48.1 Å². The zero-order valence-corrected chi connectivity index (χ0v) is 18.5. The van der Waals surface area contributed by atoms with Crippen LogP contribution in [0.2, 0.25) is 0 Å². The van der Waals surface area contributed by atoms with Crippen molar-refractivity contribution in [3.8, 4) is 11.6 Å². The van der Waals surface area contributed by atoms with Crippen LogP contribution in [0.1, 0.15) is 22.5 Å². The van der Waals surface area contributed by atoms with E-state index < -0.39 is 10.0 Å². The molecule has 0 amide bonds. The first-order chi connectivity index (χ1) is 14.2. The SMILES string of the molecule is COc1ccc(S(=O)(=O)NCCNc2cc(-n3cnc(C)c3C)ncn2)c(C)c1C. The van der Waals surface area contributed by atoms with Crippen molar-refractivity contribution in [2.75, 3.05) is 25.5 Å². The number of hydrogen-bond acceptors (Lipinski definition) is 7. The first kappa shape index (κ1) is 21.7. The molecular formula is C20H26N6O3S. The van der Waals surface area contributed by atoms with Gasteiger partial charge in [0.2, 0.25) is 10.0 Å². The van der Waals surface area contributed by atoms with Gasteiger partial charge < -0.3 is 10.1 Å². The number of imidazole rings is 1. The lowest BCUT2D eigenvalue weighted by Crippen LogP contribution is -2.29. The Hall–Kier alpha value is -2.98. The van der Waals surface area contributed by atoms with Gasteiger partial charge in [0, 0.05) is 24.8 Å². The Labute approximate surface area is 176 Å². The predicted molar refractivity (Wildman–Crippen MR) is 115 cm³/mol. The highest BCUT2D eigenvalue weighted by Crippen LogP contribution is 2.26. The zero-order valence-electron chi connectivity index (χ0n) is 17.7. The fourth-order valence-corrected chi connectivity index (χ4v) is 4.37. The van der Waals surface area contributed by atoms with Gasteiger partial charge in [0.25, 0.3) is 0 Å². The Kier molecular flexibility index (Phi) is 6.37. The number of methoxy groups -OCH3 is 1. The third-order valence-electron chi connectivity index (χ3n) is 5.07. The Bertz CT molecular complexity index is 1160. The summed E-state index contributed by atoms with van der Waals surface area (Å²) in [6, 6.07) is 5.01. The summed E-state index contributed by atoms with van der Waals surface area (Å²) in [6.45, 7) is 8.08. The van der Waals surface area contributed by atoms with E-state index >= 15 is 0 Å². The molecule has 0 aliphatic heterocycles. The van der Waals surface area contributed by atoms with E-state index in [-0.39, 0.29) is 11.4 Å². The molecule has 0 spiro atoms. The molecule has 30 heavy (non-hydrogen) atoms. The van der Waals surface area contributed by atoms with Gasteiger partial charge in [-0.1, -0.05) is 0 Å². The molecule has 2 N–H and O–H groups in total. The van der Waals surface area contributed by atoms with E-state index in [1.165, 1.54) is 6.33 Å². The number of anilines is 1. The quantitative estimate of drug-likeness (QED) is 0.528. The number of ether oxygens (including phenoxy) is 1. The second-order valence-electron chi connectivity index (χ2n) is 6.89. The van der Waals surface area contributed by atoms with Gasteiger partial charge in [-0.3, -0.25) is 4.57 Å². The molecule has 9 nitrogen and oxygen atoms in total. The van der Waals surface area contributed by atoms with Crippen LogP contribution < -0.4 is 14.8 Å². The largest absolute Gasteiger partial charge is 0.496 e. The molecule has 10 heteroatoms. The van der Waals surface area contributed by atoms with Crippen LogP contribution in [0.15, 0.2) is 35.7 Å². The van der Waals surface area contributed by atoms with Crippen LogP contribution in [0.25, 0.3) is 5.82 Å². The number of hydrogen-bond donors (Lipinski definition) is 2. The molecule has 0 saturated carbocycles. The minimum atomic E-state index is -3.64. The highest BCUT2D eigenvalue weighted by atomic mass is 32.2. The minimum absolute atomic E-state index is 0.204. The average molecular weight is 431 g/mol. The molecule has 0 aliphatic rings. The van der Waals surface area contributed by atoms with E-state index in [1.54, 1.807) is 38.6 Å². The van der Waals surface area contributed by atoms with Gasteiger partial charge in [-0.25, -0.2) is 28.1 Å². The maximum Gasteiger partial charge on any atom is 0.240 e. The van der Waals surface area contributed by atoms with Gasteiger partial charge in [-0.2, -0.15) is 0 Å². The lowest BCUT2D eigenvalue weighted by atomic mass is 10.1. The van der Waals surface area contributed by atoms with Crippen LogP contribution in [0.5, 0.6) is 5.75 Å². The second kappa shape index (κ2) is 8.80. The first-order valence-electron chi connectivity index (χ1n) is 9.45. The molecule has 0 aliphatic carbocycles. The second-order valence-corrected chi connectivity index (χ2v) is 8.62. The molecule has 2 aromatic heterocycles. The number of rotatable bonds is 8. The highest BCUT2D eigenvalue weighted by molar-refractivity contribution is 7.89. The Morgan fingerprint density at radius 2 is 1.80 bits per heavy atom. The summed E-state index contributed by atoms with van der Waals surface area (Å²) in [7, 11) is -2.07. The summed E-state index contributed by atoms with van der Waals surface area (Å²) in [4.78, 5) is 13.0. The summed E-state index contributed by atoms with van der Waals surface area (Å²) in [5, 5.41) is 3.12. The summed E-state index contributed by atoms with van der Waals surface area (Å²) in [5.74, 6) is 1.95. The van der Waals surface area contributed by atoms with Crippen LogP contribution in [0, 0.1) is 27.7 Å². The first-order valence-corrected chi connectivity index (χ1v) is 10.9. The summed E-state index contributed by atoms with van der Waals surface area (Å²) >= 11 is 0. The maximum absolute atomic E-state index is 12.7. The normalized spacial score (nSPS) is 11.5. The monoisotopic (exact) mass is 430 g/mol. The maximum atomic E-state index is 12.7. The number of nitrogens with zero attached hydrogens (tertiary/aromatic N) is 4. The van der Waals surface area contributed by atoms with E-state index in [2.05, 4.69) is 25.0 Å². The lowest BCUT2D eigenvalue weighted by molar-refractivity contribution is 0.410. The van der Waals surface area contributed by atoms with Crippen molar-refractivity contribution in [1.82, 2.24) is 24.2 Å². The molecule has 0 radical (unpaired) electrons. The molecule has 160 valence electrons. The predicted octanol–water partition coefficient (Wildman–Crippen LogP) is 2.29. The van der Waals surface area contributed by atoms with Gasteiger partial charge >= 0.3 is 0 Å². The number of nitrogens with one attached hydrogen (secondary N) is 2. The highest BCUT2D eigenvalue weighted by Gasteiger charge is 2.19. The summed E-state index contributed by atoms with van der Waals surface area (Å²) in [5.41, 5.74) is 3.40. The Balaban J connectivity index is 1.63. The lowest BCUT2D eigenvalue weighted by Gasteiger charge is -2.14. The van der Waals surface area contributed by atoms with E-state index in [4.69, 9.17) is 4.74 Å². The van der Waals surface area contributed by atoms with Gasteiger partial charge in [0.1, 0.15) is 30.0 Å². The third kappa shape index (κ3) is 4.44. The number of aromatic nitrogens is 4. The molecule has 0 fully saturated rings. The van der Waals surface area contributed by atoms with Crippen molar-refractivity contribution >= 4 is 15.8 Å². The fourth-order valence-electron chi connectivity index (χ4n) is 3.04.